The lowest BCUT2D eigenvalue weighted by atomic mass is 10.0. The van der Waals surface area contributed by atoms with Crippen LogP contribution in [0, 0.1) is 11.6 Å². The highest BCUT2D eigenvalue weighted by Gasteiger charge is 2.32. The maximum atomic E-state index is 13.7. The van der Waals surface area contributed by atoms with Gasteiger partial charge in [-0.05, 0) is 45.8 Å². The number of benzene rings is 2. The molecule has 4 rings (SSSR count). The van der Waals surface area contributed by atoms with Crippen molar-refractivity contribution in [3.05, 3.63) is 77.1 Å². The molecule has 0 radical (unpaired) electrons. The highest BCUT2D eigenvalue weighted by Crippen LogP contribution is 2.31. The summed E-state index contributed by atoms with van der Waals surface area (Å²) in [5, 5.41) is 11.8. The third-order valence-corrected chi connectivity index (χ3v) is 4.21. The molecule has 0 fully saturated rings. The van der Waals surface area contributed by atoms with Crippen LogP contribution in [0.15, 0.2) is 48.5 Å². The number of aromatic nitrogens is 4. The highest BCUT2D eigenvalue weighted by molar-refractivity contribution is 5.27. The molecule has 0 bridgehead atoms. The predicted molar refractivity (Wildman–Crippen MR) is 82.9 cm³/mol. The fraction of sp³-hybridized carbons (Fsp3) is 0.235. The van der Waals surface area contributed by atoms with Crippen LogP contribution in [-0.4, -0.2) is 31.7 Å². The summed E-state index contributed by atoms with van der Waals surface area (Å²) >= 11 is 0. The zero-order valence-electron chi connectivity index (χ0n) is 12.8. The molecule has 2 heterocycles. The van der Waals surface area contributed by atoms with Crippen molar-refractivity contribution < 1.29 is 8.78 Å². The third-order valence-electron chi connectivity index (χ3n) is 4.21. The lowest BCUT2D eigenvalue weighted by Crippen LogP contribution is -2.39. The van der Waals surface area contributed by atoms with Crippen molar-refractivity contribution >= 4 is 0 Å². The largest absolute Gasteiger partial charge is 0.284 e. The predicted octanol–water partition coefficient (Wildman–Crippen LogP) is 2.56. The normalized spacial score (nSPS) is 17.7. The maximum absolute atomic E-state index is 13.7. The molecule has 1 atom stereocenters. The van der Waals surface area contributed by atoms with Crippen molar-refractivity contribution in [2.24, 2.45) is 0 Å². The zero-order valence-corrected chi connectivity index (χ0v) is 12.8. The number of halogens is 2. The molecule has 0 saturated carbocycles. The van der Waals surface area contributed by atoms with Gasteiger partial charge in [0.15, 0.2) is 5.82 Å². The molecular formula is C17H15F2N5. The molecule has 1 unspecified atom stereocenters. The van der Waals surface area contributed by atoms with E-state index in [1.54, 1.807) is 16.8 Å². The Bertz CT molecular complexity index is 863. The van der Waals surface area contributed by atoms with Crippen LogP contribution in [0.3, 0.4) is 0 Å². The summed E-state index contributed by atoms with van der Waals surface area (Å²) in [5.74, 6) is 0.0997. The van der Waals surface area contributed by atoms with Gasteiger partial charge in [-0.15, -0.1) is 5.10 Å². The van der Waals surface area contributed by atoms with Gasteiger partial charge in [0.05, 0.1) is 12.6 Å². The number of rotatable bonds is 3. The quantitative estimate of drug-likeness (QED) is 0.742. The Morgan fingerprint density at radius 2 is 1.79 bits per heavy atom. The molecule has 0 aliphatic carbocycles. The molecule has 24 heavy (non-hydrogen) atoms. The van der Waals surface area contributed by atoms with E-state index in [-0.39, 0.29) is 17.7 Å². The molecule has 0 N–H and O–H groups in total. The zero-order chi connectivity index (χ0) is 16.5. The minimum atomic E-state index is -0.303. The van der Waals surface area contributed by atoms with E-state index in [0.29, 0.717) is 25.5 Å². The molecule has 0 amide bonds. The summed E-state index contributed by atoms with van der Waals surface area (Å²) in [6.45, 7) is 1.87. The first-order valence-electron chi connectivity index (χ1n) is 7.71. The maximum Gasteiger partial charge on any atom is 0.173 e. The van der Waals surface area contributed by atoms with Crippen LogP contribution in [-0.2, 0) is 13.1 Å². The molecule has 7 heteroatoms. The van der Waals surface area contributed by atoms with Crippen LogP contribution in [0.25, 0.3) is 0 Å². The average Bonchev–Trinajstić information content (AvgIpc) is 3.03. The number of hydrogen-bond donors (Lipinski definition) is 0. The van der Waals surface area contributed by atoms with Gasteiger partial charge in [-0.3, -0.25) is 4.90 Å². The monoisotopic (exact) mass is 327 g/mol. The van der Waals surface area contributed by atoms with Crippen LogP contribution in [0.1, 0.15) is 23.0 Å². The lowest BCUT2D eigenvalue weighted by Gasteiger charge is -2.34. The number of nitrogens with zero attached hydrogens (tertiary/aromatic N) is 5. The summed E-state index contributed by atoms with van der Waals surface area (Å²) in [7, 11) is 0. The van der Waals surface area contributed by atoms with E-state index in [0.717, 1.165) is 11.1 Å². The first kappa shape index (κ1) is 14.9. The molecule has 3 aromatic rings. The smallest absolute Gasteiger partial charge is 0.173 e. The van der Waals surface area contributed by atoms with Crippen molar-refractivity contribution in [3.63, 3.8) is 0 Å². The molecule has 2 aromatic carbocycles. The topological polar surface area (TPSA) is 46.8 Å². The second kappa shape index (κ2) is 6.09. The van der Waals surface area contributed by atoms with Crippen LogP contribution < -0.4 is 0 Å². The standard InChI is InChI=1S/C17H15F2N5/c18-14-5-1-3-12(9-14)11-23-7-8-24-17(20-21-22-24)16(23)13-4-2-6-15(19)10-13/h1-6,9-10,16H,7-8,11H2. The van der Waals surface area contributed by atoms with Crippen LogP contribution in [0.4, 0.5) is 8.78 Å². The molecule has 1 aliphatic heterocycles. The molecule has 5 nitrogen and oxygen atoms in total. The van der Waals surface area contributed by atoms with Crippen molar-refractivity contribution in [2.45, 2.75) is 19.1 Å². The second-order valence-corrected chi connectivity index (χ2v) is 5.82. The molecule has 122 valence electrons. The van der Waals surface area contributed by atoms with Gasteiger partial charge >= 0.3 is 0 Å². The Hall–Kier alpha value is -2.67. The van der Waals surface area contributed by atoms with Gasteiger partial charge in [0.25, 0.3) is 0 Å². The summed E-state index contributed by atoms with van der Waals surface area (Å²) in [6.07, 6.45) is 0. The Balaban J connectivity index is 1.72. The summed E-state index contributed by atoms with van der Waals surface area (Å²) in [5.41, 5.74) is 1.64. The Morgan fingerprint density at radius 1 is 1.00 bits per heavy atom. The number of fused-ring (bicyclic) bond motifs is 1. The average molecular weight is 327 g/mol. The van der Waals surface area contributed by atoms with Crippen LogP contribution in [0.2, 0.25) is 0 Å². The first-order chi connectivity index (χ1) is 11.7. The van der Waals surface area contributed by atoms with Gasteiger partial charge < -0.3 is 0 Å². The van der Waals surface area contributed by atoms with Gasteiger partial charge in [-0.25, -0.2) is 13.5 Å². The molecule has 1 aromatic heterocycles. The Kier molecular flexibility index (Phi) is 3.78. The van der Waals surface area contributed by atoms with Crippen molar-refractivity contribution in [2.75, 3.05) is 6.54 Å². The Morgan fingerprint density at radius 3 is 2.58 bits per heavy atom. The lowest BCUT2D eigenvalue weighted by molar-refractivity contribution is 0.163. The summed E-state index contributed by atoms with van der Waals surface area (Å²) in [4.78, 5) is 2.13. The molecule has 0 saturated heterocycles. The summed E-state index contributed by atoms with van der Waals surface area (Å²) < 4.78 is 28.9. The van der Waals surface area contributed by atoms with Crippen LogP contribution >= 0.6 is 0 Å². The minimum absolute atomic E-state index is 0.267. The van der Waals surface area contributed by atoms with Crippen molar-refractivity contribution in [3.8, 4) is 0 Å². The highest BCUT2D eigenvalue weighted by atomic mass is 19.1. The van der Waals surface area contributed by atoms with Gasteiger partial charge in [-0.2, -0.15) is 0 Å². The second-order valence-electron chi connectivity index (χ2n) is 5.82. The SMILES string of the molecule is Fc1cccc(CN2CCn3nnnc3C2c2cccc(F)c2)c1. The van der Waals surface area contributed by atoms with E-state index in [1.807, 2.05) is 12.1 Å². The van der Waals surface area contributed by atoms with E-state index in [9.17, 15) is 8.78 Å². The van der Waals surface area contributed by atoms with E-state index in [1.165, 1.54) is 24.3 Å². The molecule has 1 aliphatic rings. The van der Waals surface area contributed by atoms with Crippen molar-refractivity contribution in [1.29, 1.82) is 0 Å². The van der Waals surface area contributed by atoms with E-state index in [4.69, 9.17) is 0 Å². The van der Waals surface area contributed by atoms with Gasteiger partial charge in [0.2, 0.25) is 0 Å². The number of hydrogen-bond acceptors (Lipinski definition) is 4. The summed E-state index contributed by atoms with van der Waals surface area (Å²) in [6, 6.07) is 12.7. The minimum Gasteiger partial charge on any atom is -0.284 e. The number of tetrazole rings is 1. The molecular weight excluding hydrogens is 312 g/mol. The van der Waals surface area contributed by atoms with E-state index < -0.39 is 0 Å². The van der Waals surface area contributed by atoms with Gasteiger partial charge in [-0.1, -0.05) is 24.3 Å². The van der Waals surface area contributed by atoms with Gasteiger partial charge in [0, 0.05) is 13.1 Å². The fourth-order valence-electron chi connectivity index (χ4n) is 3.16. The molecule has 0 spiro atoms. The van der Waals surface area contributed by atoms with Crippen LogP contribution in [0.5, 0.6) is 0 Å². The van der Waals surface area contributed by atoms with E-state index >= 15 is 0 Å². The van der Waals surface area contributed by atoms with Gasteiger partial charge in [0.1, 0.15) is 11.6 Å². The third kappa shape index (κ3) is 2.78. The van der Waals surface area contributed by atoms with E-state index in [2.05, 4.69) is 20.4 Å². The fourth-order valence-corrected chi connectivity index (χ4v) is 3.16. The first-order valence-corrected chi connectivity index (χ1v) is 7.71. The Labute approximate surface area is 137 Å². The van der Waals surface area contributed by atoms with Crippen molar-refractivity contribution in [1.82, 2.24) is 25.1 Å².